The number of likely N-dealkylation sites (N-methyl/N-ethyl adjacent to an activating group) is 1. The van der Waals surface area contributed by atoms with Crippen LogP contribution in [0, 0.1) is 0 Å². The van der Waals surface area contributed by atoms with Crippen molar-refractivity contribution in [3.8, 4) is 0 Å². The molecular weight excluding hydrogens is 324 g/mol. The molecule has 5 heteroatoms. The topological polar surface area (TPSA) is 41.4 Å². The van der Waals surface area contributed by atoms with Crippen molar-refractivity contribution in [3.05, 3.63) is 46.8 Å². The maximum Gasteiger partial charge on any atom is 0.227 e. The fraction of sp³-hybridized carbons (Fsp3) is 0.524. The summed E-state index contributed by atoms with van der Waals surface area (Å²) >= 11 is 0. The highest BCUT2D eigenvalue weighted by Gasteiger charge is 2.28. The lowest BCUT2D eigenvalue weighted by molar-refractivity contribution is -0.132. The average Bonchev–Trinajstić information content (AvgIpc) is 2.86. The van der Waals surface area contributed by atoms with Gasteiger partial charge in [-0.3, -0.25) is 9.48 Å². The van der Waals surface area contributed by atoms with Crippen LogP contribution in [0.3, 0.4) is 0 Å². The second-order valence-electron chi connectivity index (χ2n) is 7.26. The van der Waals surface area contributed by atoms with Crippen LogP contribution in [0.5, 0.6) is 0 Å². The van der Waals surface area contributed by atoms with Crippen LogP contribution in [0.15, 0.2) is 24.3 Å². The van der Waals surface area contributed by atoms with Gasteiger partial charge < -0.3 is 9.80 Å². The van der Waals surface area contributed by atoms with E-state index in [1.54, 1.807) is 0 Å². The van der Waals surface area contributed by atoms with Crippen molar-refractivity contribution in [3.63, 3.8) is 0 Å². The van der Waals surface area contributed by atoms with E-state index in [0.717, 1.165) is 30.6 Å². The normalized spacial score (nSPS) is 17.2. The second-order valence-corrected chi connectivity index (χ2v) is 7.26. The van der Waals surface area contributed by atoms with Crippen LogP contribution in [-0.4, -0.2) is 40.2 Å². The highest BCUT2D eigenvalue weighted by molar-refractivity contribution is 5.80. The number of para-hydroxylation sites is 1. The molecule has 1 atom stereocenters. The van der Waals surface area contributed by atoms with Crippen LogP contribution in [0.25, 0.3) is 0 Å². The van der Waals surface area contributed by atoms with E-state index in [-0.39, 0.29) is 11.9 Å². The number of aromatic nitrogens is 2. The zero-order valence-electron chi connectivity index (χ0n) is 16.6. The molecule has 1 aliphatic heterocycles. The Kier molecular flexibility index (Phi) is 5.35. The zero-order chi connectivity index (χ0) is 18.8. The lowest BCUT2D eigenvalue weighted by atomic mass is 10.0. The Labute approximate surface area is 156 Å². The molecule has 1 aliphatic rings. The Morgan fingerprint density at radius 3 is 2.62 bits per heavy atom. The van der Waals surface area contributed by atoms with Crippen molar-refractivity contribution in [2.45, 2.75) is 52.6 Å². The SMILES string of the molecule is CCc1nn(C)c(CC)c1CC(=O)N1Cc2ccccc2N(C)CC1C. The minimum Gasteiger partial charge on any atom is -0.372 e. The molecule has 140 valence electrons. The van der Waals surface area contributed by atoms with Crippen molar-refractivity contribution in [2.24, 2.45) is 7.05 Å². The summed E-state index contributed by atoms with van der Waals surface area (Å²) in [5.41, 5.74) is 5.79. The average molecular weight is 354 g/mol. The molecule has 0 saturated carbocycles. The molecule has 0 radical (unpaired) electrons. The third kappa shape index (κ3) is 3.35. The van der Waals surface area contributed by atoms with Gasteiger partial charge in [-0.25, -0.2) is 0 Å². The summed E-state index contributed by atoms with van der Waals surface area (Å²) in [6.07, 6.45) is 2.20. The van der Waals surface area contributed by atoms with Crippen LogP contribution in [0.2, 0.25) is 0 Å². The number of amides is 1. The molecule has 0 saturated heterocycles. The highest BCUT2D eigenvalue weighted by Crippen LogP contribution is 2.27. The van der Waals surface area contributed by atoms with Gasteiger partial charge in [0.2, 0.25) is 5.91 Å². The summed E-state index contributed by atoms with van der Waals surface area (Å²) in [5, 5.41) is 4.62. The molecule has 1 unspecified atom stereocenters. The maximum absolute atomic E-state index is 13.3. The molecule has 2 heterocycles. The van der Waals surface area contributed by atoms with Crippen molar-refractivity contribution < 1.29 is 4.79 Å². The monoisotopic (exact) mass is 354 g/mol. The summed E-state index contributed by atoms with van der Waals surface area (Å²) in [7, 11) is 4.08. The van der Waals surface area contributed by atoms with Gasteiger partial charge in [0.05, 0.1) is 12.1 Å². The first-order chi connectivity index (χ1) is 12.5. The van der Waals surface area contributed by atoms with E-state index in [0.29, 0.717) is 13.0 Å². The van der Waals surface area contributed by atoms with Crippen LogP contribution >= 0.6 is 0 Å². The molecule has 0 bridgehead atoms. The third-order valence-electron chi connectivity index (χ3n) is 5.49. The lowest BCUT2D eigenvalue weighted by Gasteiger charge is -2.28. The highest BCUT2D eigenvalue weighted by atomic mass is 16.2. The first kappa shape index (κ1) is 18.5. The van der Waals surface area contributed by atoms with E-state index in [1.807, 2.05) is 16.6 Å². The number of benzene rings is 1. The maximum atomic E-state index is 13.3. The molecule has 0 N–H and O–H groups in total. The van der Waals surface area contributed by atoms with Crippen LogP contribution < -0.4 is 4.90 Å². The van der Waals surface area contributed by atoms with Crippen molar-refractivity contribution in [1.82, 2.24) is 14.7 Å². The van der Waals surface area contributed by atoms with Crippen LogP contribution in [0.4, 0.5) is 5.69 Å². The largest absolute Gasteiger partial charge is 0.372 e. The number of carbonyl (C=O) groups excluding carboxylic acids is 1. The smallest absolute Gasteiger partial charge is 0.227 e. The molecule has 5 nitrogen and oxygen atoms in total. The van der Waals surface area contributed by atoms with Crippen LogP contribution in [-0.2, 0) is 37.6 Å². The predicted molar refractivity (Wildman–Crippen MR) is 105 cm³/mol. The minimum atomic E-state index is 0.173. The van der Waals surface area contributed by atoms with Crippen LogP contribution in [0.1, 0.15) is 43.3 Å². The molecule has 3 rings (SSSR count). The molecular formula is C21H30N4O. The Morgan fingerprint density at radius 1 is 1.19 bits per heavy atom. The van der Waals surface area contributed by atoms with E-state index in [9.17, 15) is 4.79 Å². The van der Waals surface area contributed by atoms with Gasteiger partial charge in [0.25, 0.3) is 0 Å². The Hall–Kier alpha value is -2.30. The molecule has 0 fully saturated rings. The van der Waals surface area contributed by atoms with E-state index in [4.69, 9.17) is 0 Å². The van der Waals surface area contributed by atoms with Gasteiger partial charge in [-0.2, -0.15) is 5.10 Å². The van der Waals surface area contributed by atoms with Gasteiger partial charge in [0.1, 0.15) is 0 Å². The first-order valence-electron chi connectivity index (χ1n) is 9.58. The molecule has 0 aliphatic carbocycles. The van der Waals surface area contributed by atoms with E-state index in [2.05, 4.69) is 62.1 Å². The number of aryl methyl sites for hydroxylation is 2. The van der Waals surface area contributed by atoms with Crippen molar-refractivity contribution in [2.75, 3.05) is 18.5 Å². The van der Waals surface area contributed by atoms with E-state index >= 15 is 0 Å². The van der Waals surface area contributed by atoms with Gasteiger partial charge >= 0.3 is 0 Å². The third-order valence-corrected chi connectivity index (χ3v) is 5.49. The summed E-state index contributed by atoms with van der Waals surface area (Å²) in [6, 6.07) is 8.56. The fourth-order valence-electron chi connectivity index (χ4n) is 4.13. The van der Waals surface area contributed by atoms with E-state index in [1.165, 1.54) is 16.9 Å². The van der Waals surface area contributed by atoms with Gasteiger partial charge in [-0.1, -0.05) is 32.0 Å². The number of anilines is 1. The number of hydrogen-bond donors (Lipinski definition) is 0. The Morgan fingerprint density at radius 2 is 1.92 bits per heavy atom. The van der Waals surface area contributed by atoms with Crippen molar-refractivity contribution >= 4 is 11.6 Å². The standard InChI is InChI=1S/C21H30N4O/c1-6-18-17(19(7-2)24(5)22-18)12-21(26)25-14-16-10-8-9-11-20(16)23(4)13-15(25)3/h8-11,15H,6-7,12-14H2,1-5H3. The number of hydrogen-bond acceptors (Lipinski definition) is 3. The Balaban J connectivity index is 1.88. The Bertz CT molecular complexity index is 795. The molecule has 2 aromatic rings. The molecule has 1 amide bonds. The molecule has 0 spiro atoms. The summed E-state index contributed by atoms with van der Waals surface area (Å²) in [6.45, 7) is 7.89. The van der Waals surface area contributed by atoms with Gasteiger partial charge in [-0.05, 0) is 31.4 Å². The molecule has 1 aromatic heterocycles. The second kappa shape index (κ2) is 7.52. The molecule has 26 heavy (non-hydrogen) atoms. The number of nitrogens with zero attached hydrogens (tertiary/aromatic N) is 4. The van der Waals surface area contributed by atoms with E-state index < -0.39 is 0 Å². The molecule has 1 aromatic carbocycles. The fourth-order valence-corrected chi connectivity index (χ4v) is 4.13. The summed E-state index contributed by atoms with van der Waals surface area (Å²) in [4.78, 5) is 17.6. The number of rotatable bonds is 4. The predicted octanol–water partition coefficient (Wildman–Crippen LogP) is 2.95. The summed E-state index contributed by atoms with van der Waals surface area (Å²) in [5.74, 6) is 0.194. The first-order valence-corrected chi connectivity index (χ1v) is 9.58. The van der Waals surface area contributed by atoms with Gasteiger partial charge in [0, 0.05) is 50.2 Å². The van der Waals surface area contributed by atoms with Crippen molar-refractivity contribution in [1.29, 1.82) is 0 Å². The summed E-state index contributed by atoms with van der Waals surface area (Å²) < 4.78 is 1.94. The van der Waals surface area contributed by atoms with Gasteiger partial charge in [0.15, 0.2) is 0 Å². The lowest BCUT2D eigenvalue weighted by Crippen LogP contribution is -2.42. The minimum absolute atomic E-state index is 0.173. The quantitative estimate of drug-likeness (QED) is 0.848. The number of carbonyl (C=O) groups is 1. The number of fused-ring (bicyclic) bond motifs is 1. The van der Waals surface area contributed by atoms with Gasteiger partial charge in [-0.15, -0.1) is 0 Å². The zero-order valence-corrected chi connectivity index (χ0v) is 16.6.